The smallest absolute Gasteiger partial charge is 0.326 e. The van der Waals surface area contributed by atoms with Crippen LogP contribution in [0.3, 0.4) is 0 Å². The molecule has 2 amide bonds. The Bertz CT molecular complexity index is 544. The van der Waals surface area contributed by atoms with Crippen LogP contribution >= 0.6 is 0 Å². The van der Waals surface area contributed by atoms with E-state index in [0.717, 1.165) is 0 Å². The van der Waals surface area contributed by atoms with Gasteiger partial charge >= 0.3 is 5.97 Å². The number of phenolic OH excluding ortho intramolecular Hbond substituents is 1. The van der Waals surface area contributed by atoms with Crippen LogP contribution in [0.25, 0.3) is 0 Å². The third-order valence-corrected chi connectivity index (χ3v) is 3.03. The maximum Gasteiger partial charge on any atom is 0.326 e. The number of primary amides is 1. The first kappa shape index (κ1) is 17.4. The van der Waals surface area contributed by atoms with Gasteiger partial charge in [-0.05, 0) is 24.1 Å². The van der Waals surface area contributed by atoms with Gasteiger partial charge in [-0.2, -0.15) is 0 Å². The molecule has 0 aliphatic rings. The summed E-state index contributed by atoms with van der Waals surface area (Å²) in [6.45, 7) is 0. The van der Waals surface area contributed by atoms with Gasteiger partial charge in [-0.25, -0.2) is 4.79 Å². The lowest BCUT2D eigenvalue weighted by molar-refractivity contribution is -0.142. The van der Waals surface area contributed by atoms with E-state index >= 15 is 0 Å². The average molecular weight is 309 g/mol. The SMILES string of the molecule is NC(=O)CC[C@H](N)C(=O)N[C@@H](Cc1ccc(O)cc1)C(=O)O. The zero-order valence-corrected chi connectivity index (χ0v) is 11.9. The Morgan fingerprint density at radius 2 is 1.77 bits per heavy atom. The van der Waals surface area contributed by atoms with Gasteiger partial charge in [0.25, 0.3) is 0 Å². The van der Waals surface area contributed by atoms with Crippen molar-refractivity contribution in [3.63, 3.8) is 0 Å². The largest absolute Gasteiger partial charge is 0.508 e. The Kier molecular flexibility index (Phi) is 6.33. The summed E-state index contributed by atoms with van der Waals surface area (Å²) in [6.07, 6.45) is 0.0426. The topological polar surface area (TPSA) is 156 Å². The number of hydrogen-bond donors (Lipinski definition) is 5. The number of nitrogens with one attached hydrogen (secondary N) is 1. The van der Waals surface area contributed by atoms with Gasteiger partial charge in [0, 0.05) is 12.8 Å². The second-order valence-corrected chi connectivity index (χ2v) is 4.88. The molecule has 22 heavy (non-hydrogen) atoms. The van der Waals surface area contributed by atoms with Crippen molar-refractivity contribution in [2.45, 2.75) is 31.3 Å². The molecule has 0 fully saturated rings. The number of benzene rings is 1. The third kappa shape index (κ3) is 5.80. The van der Waals surface area contributed by atoms with Gasteiger partial charge in [-0.1, -0.05) is 12.1 Å². The molecule has 0 aromatic heterocycles. The second-order valence-electron chi connectivity index (χ2n) is 4.88. The first-order chi connectivity index (χ1) is 10.3. The zero-order chi connectivity index (χ0) is 16.7. The molecule has 0 heterocycles. The zero-order valence-electron chi connectivity index (χ0n) is 11.9. The van der Waals surface area contributed by atoms with Crippen molar-refractivity contribution in [1.82, 2.24) is 5.32 Å². The molecule has 1 aromatic carbocycles. The number of hydrogen-bond acceptors (Lipinski definition) is 5. The summed E-state index contributed by atoms with van der Waals surface area (Å²) in [5, 5.41) is 20.7. The second kappa shape index (κ2) is 7.99. The molecular weight excluding hydrogens is 290 g/mol. The normalized spacial score (nSPS) is 13.1. The highest BCUT2D eigenvalue weighted by atomic mass is 16.4. The molecule has 120 valence electrons. The first-order valence-corrected chi connectivity index (χ1v) is 6.64. The van der Waals surface area contributed by atoms with Crippen molar-refractivity contribution in [3.8, 4) is 5.75 Å². The van der Waals surface area contributed by atoms with Gasteiger partial charge < -0.3 is 27.0 Å². The minimum Gasteiger partial charge on any atom is -0.508 e. The predicted octanol–water partition coefficient (Wildman–Crippen LogP) is -0.903. The Hall–Kier alpha value is -2.61. The Balaban J connectivity index is 2.63. The molecule has 0 saturated heterocycles. The molecule has 0 saturated carbocycles. The number of rotatable bonds is 8. The van der Waals surface area contributed by atoms with Crippen LogP contribution in [0, 0.1) is 0 Å². The summed E-state index contributed by atoms with van der Waals surface area (Å²) in [6, 6.07) is 3.81. The number of aliphatic carboxylic acids is 1. The van der Waals surface area contributed by atoms with E-state index in [0.29, 0.717) is 5.56 Å². The fourth-order valence-corrected chi connectivity index (χ4v) is 1.78. The standard InChI is InChI=1S/C14H19N3O5/c15-10(5-6-12(16)19)13(20)17-11(14(21)22)7-8-1-3-9(18)4-2-8/h1-4,10-11,18H,5-7,15H2,(H2,16,19)(H,17,20)(H,21,22)/t10-,11-/m0/s1. The van der Waals surface area contributed by atoms with Crippen LogP contribution in [0.2, 0.25) is 0 Å². The van der Waals surface area contributed by atoms with Gasteiger partial charge in [-0.3, -0.25) is 9.59 Å². The quantitative estimate of drug-likeness (QED) is 0.419. The highest BCUT2D eigenvalue weighted by Crippen LogP contribution is 2.11. The average Bonchev–Trinajstić information content (AvgIpc) is 2.45. The monoisotopic (exact) mass is 309 g/mol. The van der Waals surface area contributed by atoms with Gasteiger partial charge in [0.15, 0.2) is 0 Å². The number of phenols is 1. The minimum absolute atomic E-state index is 0.0455. The number of amides is 2. The van der Waals surface area contributed by atoms with Crippen LogP contribution < -0.4 is 16.8 Å². The van der Waals surface area contributed by atoms with E-state index in [2.05, 4.69) is 5.32 Å². The van der Waals surface area contributed by atoms with Gasteiger partial charge in [0.1, 0.15) is 11.8 Å². The van der Waals surface area contributed by atoms with Crippen LogP contribution in [-0.2, 0) is 20.8 Å². The number of aromatic hydroxyl groups is 1. The first-order valence-electron chi connectivity index (χ1n) is 6.64. The van der Waals surface area contributed by atoms with Crippen LogP contribution in [0.1, 0.15) is 18.4 Å². The Labute approximate surface area is 127 Å². The summed E-state index contributed by atoms with van der Waals surface area (Å²) in [4.78, 5) is 33.7. The van der Waals surface area contributed by atoms with Crippen LogP contribution in [0.4, 0.5) is 0 Å². The van der Waals surface area contributed by atoms with Crippen molar-refractivity contribution in [2.75, 3.05) is 0 Å². The van der Waals surface area contributed by atoms with Gasteiger partial charge in [0.05, 0.1) is 6.04 Å². The fraction of sp³-hybridized carbons (Fsp3) is 0.357. The van der Waals surface area contributed by atoms with E-state index in [1.54, 1.807) is 12.1 Å². The lowest BCUT2D eigenvalue weighted by Crippen LogP contribution is -2.49. The maximum atomic E-state index is 11.8. The van der Waals surface area contributed by atoms with E-state index in [1.165, 1.54) is 12.1 Å². The van der Waals surface area contributed by atoms with Gasteiger partial charge in [-0.15, -0.1) is 0 Å². The van der Waals surface area contributed by atoms with E-state index in [-0.39, 0.29) is 25.0 Å². The number of carboxylic acid groups (broad SMARTS) is 1. The molecule has 1 rings (SSSR count). The molecular formula is C14H19N3O5. The van der Waals surface area contributed by atoms with Crippen LogP contribution in [0.5, 0.6) is 5.75 Å². The van der Waals surface area contributed by atoms with E-state index < -0.39 is 29.9 Å². The molecule has 1 aromatic rings. The fourth-order valence-electron chi connectivity index (χ4n) is 1.78. The lowest BCUT2D eigenvalue weighted by Gasteiger charge is -2.17. The molecule has 0 spiro atoms. The predicted molar refractivity (Wildman–Crippen MR) is 77.8 cm³/mol. The molecule has 0 unspecified atom stereocenters. The van der Waals surface area contributed by atoms with Crippen molar-refractivity contribution in [3.05, 3.63) is 29.8 Å². The highest BCUT2D eigenvalue weighted by molar-refractivity contribution is 5.87. The van der Waals surface area contributed by atoms with E-state index in [1.807, 2.05) is 0 Å². The summed E-state index contributed by atoms with van der Waals surface area (Å²) in [5.74, 6) is -2.38. The lowest BCUT2D eigenvalue weighted by atomic mass is 10.0. The number of carbonyl (C=O) groups excluding carboxylic acids is 2. The van der Waals surface area contributed by atoms with Crippen molar-refractivity contribution >= 4 is 17.8 Å². The summed E-state index contributed by atoms with van der Waals surface area (Å²) in [7, 11) is 0. The number of carbonyl (C=O) groups is 3. The van der Waals surface area contributed by atoms with Crippen molar-refractivity contribution in [1.29, 1.82) is 0 Å². The van der Waals surface area contributed by atoms with E-state index in [9.17, 15) is 19.5 Å². The van der Waals surface area contributed by atoms with Crippen LogP contribution in [0.15, 0.2) is 24.3 Å². The van der Waals surface area contributed by atoms with E-state index in [4.69, 9.17) is 16.6 Å². The Morgan fingerprint density at radius 1 is 1.18 bits per heavy atom. The molecule has 0 aliphatic heterocycles. The van der Waals surface area contributed by atoms with Crippen LogP contribution in [-0.4, -0.2) is 40.1 Å². The maximum absolute atomic E-state index is 11.8. The summed E-state index contributed by atoms with van der Waals surface area (Å²) < 4.78 is 0. The third-order valence-electron chi connectivity index (χ3n) is 3.03. The molecule has 0 radical (unpaired) electrons. The summed E-state index contributed by atoms with van der Waals surface area (Å²) >= 11 is 0. The highest BCUT2D eigenvalue weighted by Gasteiger charge is 2.23. The number of nitrogens with two attached hydrogens (primary N) is 2. The molecule has 8 heteroatoms. The molecule has 2 atom stereocenters. The molecule has 8 nitrogen and oxygen atoms in total. The molecule has 7 N–H and O–H groups in total. The van der Waals surface area contributed by atoms with Gasteiger partial charge in [0.2, 0.25) is 11.8 Å². The van der Waals surface area contributed by atoms with Crippen molar-refractivity contribution in [2.24, 2.45) is 11.5 Å². The molecule has 0 bridgehead atoms. The van der Waals surface area contributed by atoms with Crippen molar-refractivity contribution < 1.29 is 24.6 Å². The molecule has 0 aliphatic carbocycles. The Morgan fingerprint density at radius 3 is 2.27 bits per heavy atom. The minimum atomic E-state index is -1.21. The number of carboxylic acids is 1. The summed E-state index contributed by atoms with van der Waals surface area (Å²) in [5.41, 5.74) is 11.2.